The van der Waals surface area contributed by atoms with Gasteiger partial charge >= 0.3 is 0 Å². The van der Waals surface area contributed by atoms with E-state index in [0.717, 1.165) is 24.3 Å². The molecule has 3 rings (SSSR count). The second-order valence-corrected chi connectivity index (χ2v) is 5.97. The fourth-order valence-electron chi connectivity index (χ4n) is 3.21. The summed E-state index contributed by atoms with van der Waals surface area (Å²) >= 11 is 0. The first-order valence-corrected chi connectivity index (χ1v) is 8.70. The highest BCUT2D eigenvalue weighted by atomic mass is 16.1. The van der Waals surface area contributed by atoms with E-state index in [2.05, 4.69) is 64.7 Å². The normalized spacial score (nSPS) is 11.3. The number of imidazole rings is 1. The first-order chi connectivity index (χ1) is 12.1. The zero-order chi connectivity index (χ0) is 17.8. The van der Waals surface area contributed by atoms with E-state index < -0.39 is 0 Å². The summed E-state index contributed by atoms with van der Waals surface area (Å²) in [6.07, 6.45) is 4.28. The molecule has 4 heteroatoms. The van der Waals surface area contributed by atoms with Gasteiger partial charge < -0.3 is 5.32 Å². The van der Waals surface area contributed by atoms with Crippen molar-refractivity contribution in [3.8, 4) is 0 Å². The van der Waals surface area contributed by atoms with Crippen molar-refractivity contribution in [2.75, 3.05) is 5.32 Å². The van der Waals surface area contributed by atoms with Gasteiger partial charge in [-0.1, -0.05) is 24.3 Å². The summed E-state index contributed by atoms with van der Waals surface area (Å²) in [4.78, 5) is 11.1. The Balaban J connectivity index is 1.97. The molecule has 3 aromatic rings. The number of para-hydroxylation sites is 2. The van der Waals surface area contributed by atoms with Gasteiger partial charge in [0.05, 0.1) is 13.1 Å². The lowest BCUT2D eigenvalue weighted by Crippen LogP contribution is -2.35. The zero-order valence-electron chi connectivity index (χ0n) is 15.0. The Kier molecular flexibility index (Phi) is 4.98. The summed E-state index contributed by atoms with van der Waals surface area (Å²) in [5, 5.41) is 2.79. The molecule has 2 aromatic carbocycles. The molecule has 0 bridgehead atoms. The Labute approximate surface area is 148 Å². The number of nitrogens with one attached hydrogen (secondary N) is 1. The van der Waals surface area contributed by atoms with Gasteiger partial charge in [-0.3, -0.25) is 4.79 Å². The largest absolute Gasteiger partial charge is 0.326 e. The summed E-state index contributed by atoms with van der Waals surface area (Å²) < 4.78 is 4.67. The summed E-state index contributed by atoms with van der Waals surface area (Å²) in [7, 11) is 0. The molecule has 128 valence electrons. The molecule has 0 fully saturated rings. The standard InChI is InChI=1S/C21H23N3O/c1-4-23-19-8-6-7-9-20(19)24(5-2)21(23)15-12-17-10-13-18(14-11-17)22-16(3)25/h6-15H,4-5H2,1-3H3/p+1. The third-order valence-electron chi connectivity index (χ3n) is 4.30. The number of hydrogen-bond donors (Lipinski definition) is 1. The van der Waals surface area contributed by atoms with Crippen LogP contribution >= 0.6 is 0 Å². The van der Waals surface area contributed by atoms with E-state index in [1.54, 1.807) is 0 Å². The molecule has 0 aliphatic carbocycles. The smallest absolute Gasteiger partial charge is 0.282 e. The predicted octanol–water partition coefficient (Wildman–Crippen LogP) is 4.10. The quantitative estimate of drug-likeness (QED) is 0.701. The van der Waals surface area contributed by atoms with Crippen LogP contribution in [0.25, 0.3) is 23.2 Å². The Morgan fingerprint density at radius 1 is 1.08 bits per heavy atom. The monoisotopic (exact) mass is 334 g/mol. The molecule has 1 N–H and O–H groups in total. The SMILES string of the molecule is CCn1c(C=Cc2ccc(NC(C)=O)cc2)[n+](CC)c2ccccc21. The Bertz CT molecular complexity index is 879. The molecule has 0 atom stereocenters. The number of nitrogens with zero attached hydrogens (tertiary/aromatic N) is 2. The highest BCUT2D eigenvalue weighted by molar-refractivity contribution is 5.88. The molecular weight excluding hydrogens is 310 g/mol. The second kappa shape index (κ2) is 7.34. The molecule has 0 aliphatic rings. The number of hydrogen-bond acceptors (Lipinski definition) is 1. The number of amides is 1. The van der Waals surface area contributed by atoms with Crippen molar-refractivity contribution >= 4 is 34.8 Å². The van der Waals surface area contributed by atoms with Gasteiger partial charge in [-0.2, -0.15) is 0 Å². The van der Waals surface area contributed by atoms with Crippen LogP contribution in [0.1, 0.15) is 32.2 Å². The van der Waals surface area contributed by atoms with Crippen molar-refractivity contribution in [3.05, 3.63) is 59.9 Å². The Morgan fingerprint density at radius 2 is 1.80 bits per heavy atom. The van der Waals surface area contributed by atoms with E-state index in [0.29, 0.717) is 0 Å². The second-order valence-electron chi connectivity index (χ2n) is 5.97. The molecule has 0 unspecified atom stereocenters. The van der Waals surface area contributed by atoms with E-state index in [1.807, 2.05) is 24.3 Å². The number of aromatic nitrogens is 2. The van der Waals surface area contributed by atoms with Crippen molar-refractivity contribution in [2.45, 2.75) is 33.9 Å². The van der Waals surface area contributed by atoms with Gasteiger partial charge in [0.25, 0.3) is 5.82 Å². The van der Waals surface area contributed by atoms with Gasteiger partial charge in [0, 0.05) is 18.7 Å². The average molecular weight is 334 g/mol. The van der Waals surface area contributed by atoms with Crippen molar-refractivity contribution in [1.82, 2.24) is 4.57 Å². The van der Waals surface area contributed by atoms with Crippen LogP contribution in [0, 0.1) is 0 Å². The fourth-order valence-corrected chi connectivity index (χ4v) is 3.21. The van der Waals surface area contributed by atoms with Crippen LogP contribution in [0.2, 0.25) is 0 Å². The van der Waals surface area contributed by atoms with Crippen molar-refractivity contribution in [3.63, 3.8) is 0 Å². The van der Waals surface area contributed by atoms with Crippen LogP contribution in [-0.4, -0.2) is 10.5 Å². The fraction of sp³-hybridized carbons (Fsp3) is 0.238. The molecule has 0 spiro atoms. The molecule has 1 amide bonds. The number of aryl methyl sites for hydroxylation is 2. The van der Waals surface area contributed by atoms with Crippen molar-refractivity contribution < 1.29 is 9.36 Å². The minimum Gasteiger partial charge on any atom is -0.326 e. The molecule has 0 radical (unpaired) electrons. The van der Waals surface area contributed by atoms with Gasteiger partial charge in [0.15, 0.2) is 11.0 Å². The maximum atomic E-state index is 11.1. The van der Waals surface area contributed by atoms with Crippen molar-refractivity contribution in [1.29, 1.82) is 0 Å². The zero-order valence-corrected chi connectivity index (χ0v) is 15.0. The topological polar surface area (TPSA) is 37.9 Å². The lowest BCUT2D eigenvalue weighted by Gasteiger charge is -2.02. The summed E-state index contributed by atoms with van der Waals surface area (Å²) in [5.74, 6) is 1.14. The summed E-state index contributed by atoms with van der Waals surface area (Å²) in [6, 6.07) is 16.4. The van der Waals surface area contributed by atoms with Crippen LogP contribution in [0.4, 0.5) is 5.69 Å². The Morgan fingerprint density at radius 3 is 2.44 bits per heavy atom. The molecule has 4 nitrogen and oxygen atoms in total. The van der Waals surface area contributed by atoms with E-state index in [4.69, 9.17) is 0 Å². The molecule has 1 aromatic heterocycles. The van der Waals surface area contributed by atoms with Gasteiger partial charge in [0.1, 0.15) is 0 Å². The van der Waals surface area contributed by atoms with Crippen LogP contribution < -0.4 is 9.88 Å². The average Bonchev–Trinajstić information content (AvgIpc) is 2.93. The van der Waals surface area contributed by atoms with Crippen LogP contribution in [-0.2, 0) is 17.9 Å². The number of rotatable bonds is 5. The lowest BCUT2D eigenvalue weighted by atomic mass is 10.2. The minimum atomic E-state index is -0.0558. The maximum absolute atomic E-state index is 11.1. The number of benzene rings is 2. The van der Waals surface area contributed by atoms with E-state index in [9.17, 15) is 4.79 Å². The van der Waals surface area contributed by atoms with Gasteiger partial charge in [0.2, 0.25) is 5.91 Å². The highest BCUT2D eigenvalue weighted by Gasteiger charge is 2.20. The third-order valence-corrected chi connectivity index (χ3v) is 4.30. The molecule has 25 heavy (non-hydrogen) atoms. The van der Waals surface area contributed by atoms with Crippen LogP contribution in [0.5, 0.6) is 0 Å². The highest BCUT2D eigenvalue weighted by Crippen LogP contribution is 2.17. The molecule has 1 heterocycles. The first-order valence-electron chi connectivity index (χ1n) is 8.70. The third kappa shape index (κ3) is 3.48. The van der Waals surface area contributed by atoms with Gasteiger partial charge in [-0.25, -0.2) is 9.13 Å². The van der Waals surface area contributed by atoms with Gasteiger partial charge in [-0.15, -0.1) is 0 Å². The van der Waals surface area contributed by atoms with E-state index in [1.165, 1.54) is 23.8 Å². The predicted molar refractivity (Wildman–Crippen MR) is 103 cm³/mol. The van der Waals surface area contributed by atoms with Crippen LogP contribution in [0.3, 0.4) is 0 Å². The van der Waals surface area contributed by atoms with Crippen molar-refractivity contribution in [2.24, 2.45) is 0 Å². The van der Waals surface area contributed by atoms with Gasteiger partial charge in [-0.05, 0) is 49.8 Å². The molecular formula is C21H24N3O+. The summed E-state index contributed by atoms with van der Waals surface area (Å²) in [6.45, 7) is 7.71. The minimum absolute atomic E-state index is 0.0558. The number of fused-ring (bicyclic) bond motifs is 1. The molecule has 0 saturated carbocycles. The molecule has 0 saturated heterocycles. The Hall–Kier alpha value is -2.88. The first kappa shape index (κ1) is 17.0. The summed E-state index contributed by atoms with van der Waals surface area (Å²) in [5.41, 5.74) is 4.43. The number of anilines is 1. The number of carbonyl (C=O) groups excluding carboxylic acids is 1. The number of carbonyl (C=O) groups is 1. The lowest BCUT2D eigenvalue weighted by molar-refractivity contribution is -0.670. The van der Waals surface area contributed by atoms with E-state index in [-0.39, 0.29) is 5.91 Å². The van der Waals surface area contributed by atoms with E-state index >= 15 is 0 Å². The maximum Gasteiger partial charge on any atom is 0.282 e. The van der Waals surface area contributed by atoms with Crippen LogP contribution in [0.15, 0.2) is 48.5 Å². The molecule has 0 aliphatic heterocycles.